The summed E-state index contributed by atoms with van der Waals surface area (Å²) >= 11 is 7.53. The summed E-state index contributed by atoms with van der Waals surface area (Å²) in [5.41, 5.74) is 2.66. The first-order valence-corrected chi connectivity index (χ1v) is 11.7. The molecule has 0 spiro atoms. The third kappa shape index (κ3) is 5.86. The summed E-state index contributed by atoms with van der Waals surface area (Å²) in [7, 11) is 0. The molecule has 3 aromatic carbocycles. The molecule has 0 aliphatic heterocycles. The van der Waals surface area contributed by atoms with E-state index in [2.05, 4.69) is 16.3 Å². The van der Waals surface area contributed by atoms with E-state index in [-0.39, 0.29) is 6.61 Å². The van der Waals surface area contributed by atoms with Gasteiger partial charge in [0.05, 0.1) is 18.2 Å². The van der Waals surface area contributed by atoms with Crippen LogP contribution >= 0.6 is 23.4 Å². The van der Waals surface area contributed by atoms with Crippen molar-refractivity contribution in [2.75, 3.05) is 6.61 Å². The molecule has 0 bridgehead atoms. The van der Waals surface area contributed by atoms with Gasteiger partial charge in [-0.15, -0.1) is 10.2 Å². The average Bonchev–Trinajstić information content (AvgIpc) is 3.26. The Morgan fingerprint density at radius 1 is 0.909 bits per heavy atom. The first kappa shape index (κ1) is 22.7. The van der Waals surface area contributed by atoms with E-state index in [0.29, 0.717) is 34.5 Å². The molecule has 0 unspecified atom stereocenters. The minimum absolute atomic E-state index is 0.249. The zero-order chi connectivity index (χ0) is 23.0. The highest BCUT2D eigenvalue weighted by molar-refractivity contribution is 7.98. The van der Waals surface area contributed by atoms with Crippen LogP contribution in [0.2, 0.25) is 5.02 Å². The number of nitrogens with zero attached hydrogens (tertiary/aromatic N) is 4. The van der Waals surface area contributed by atoms with Gasteiger partial charge >= 0.3 is 0 Å². The molecule has 0 aliphatic rings. The lowest BCUT2D eigenvalue weighted by atomic mass is 10.2. The molecule has 6 nitrogen and oxygen atoms in total. The molecule has 1 aromatic heterocycles. The van der Waals surface area contributed by atoms with Crippen LogP contribution in [0.4, 0.5) is 0 Å². The topological polar surface area (TPSA) is 73.0 Å². The van der Waals surface area contributed by atoms with Crippen molar-refractivity contribution in [1.82, 2.24) is 14.8 Å². The molecule has 1 heterocycles. The molecule has 0 atom stereocenters. The summed E-state index contributed by atoms with van der Waals surface area (Å²) in [4.78, 5) is 0. The van der Waals surface area contributed by atoms with Crippen molar-refractivity contribution in [3.05, 3.63) is 94.8 Å². The standard InChI is InChI=1S/C25H21ClN4O2S/c1-2-31-22-13-9-21(10-14-22)30-24(16-32-23-11-7-20(26)8-12-23)28-29-25(30)33-17-19-5-3-18(15-27)4-6-19/h3-14H,2,16-17H2,1H3. The van der Waals surface area contributed by atoms with Gasteiger partial charge in [0.1, 0.15) is 18.1 Å². The van der Waals surface area contributed by atoms with Crippen molar-refractivity contribution in [3.63, 3.8) is 0 Å². The van der Waals surface area contributed by atoms with Crippen LogP contribution in [-0.2, 0) is 12.4 Å². The molecule has 4 rings (SSSR count). The normalized spacial score (nSPS) is 10.6. The minimum atomic E-state index is 0.249. The number of halogens is 1. The second kappa shape index (κ2) is 10.9. The fourth-order valence-electron chi connectivity index (χ4n) is 3.11. The van der Waals surface area contributed by atoms with Crippen LogP contribution in [0.15, 0.2) is 78.0 Å². The number of thioether (sulfide) groups is 1. The number of aromatic nitrogens is 3. The molecule has 166 valence electrons. The van der Waals surface area contributed by atoms with E-state index >= 15 is 0 Å². The van der Waals surface area contributed by atoms with Crippen LogP contribution in [0.5, 0.6) is 11.5 Å². The Bertz CT molecular complexity index is 1230. The second-order valence-electron chi connectivity index (χ2n) is 7.00. The zero-order valence-electron chi connectivity index (χ0n) is 17.9. The maximum Gasteiger partial charge on any atom is 0.196 e. The number of benzene rings is 3. The van der Waals surface area contributed by atoms with E-state index in [9.17, 15) is 0 Å². The van der Waals surface area contributed by atoms with Gasteiger partial charge in [0.25, 0.3) is 0 Å². The highest BCUT2D eigenvalue weighted by Crippen LogP contribution is 2.27. The molecule has 33 heavy (non-hydrogen) atoms. The number of ether oxygens (including phenoxy) is 2. The first-order valence-electron chi connectivity index (χ1n) is 10.3. The van der Waals surface area contributed by atoms with Crippen molar-refractivity contribution in [2.24, 2.45) is 0 Å². The number of rotatable bonds is 9. The fourth-order valence-corrected chi connectivity index (χ4v) is 4.16. The van der Waals surface area contributed by atoms with E-state index in [0.717, 1.165) is 22.2 Å². The summed E-state index contributed by atoms with van der Waals surface area (Å²) in [5.74, 6) is 2.88. The van der Waals surface area contributed by atoms with E-state index in [1.54, 1.807) is 23.9 Å². The third-order valence-corrected chi connectivity index (χ3v) is 5.99. The summed E-state index contributed by atoms with van der Waals surface area (Å²) in [6, 6.07) is 24.7. The van der Waals surface area contributed by atoms with E-state index in [1.165, 1.54) is 0 Å². The Morgan fingerprint density at radius 2 is 1.58 bits per heavy atom. The van der Waals surface area contributed by atoms with Crippen LogP contribution in [0, 0.1) is 11.3 Å². The quantitative estimate of drug-likeness (QED) is 0.273. The van der Waals surface area contributed by atoms with Gasteiger partial charge in [0.2, 0.25) is 0 Å². The van der Waals surface area contributed by atoms with Crippen LogP contribution in [0.25, 0.3) is 5.69 Å². The number of nitriles is 1. The molecule has 0 aliphatic carbocycles. The van der Waals surface area contributed by atoms with Crippen LogP contribution in [0.3, 0.4) is 0 Å². The van der Waals surface area contributed by atoms with E-state index in [1.807, 2.05) is 72.2 Å². The van der Waals surface area contributed by atoms with Crippen LogP contribution < -0.4 is 9.47 Å². The highest BCUT2D eigenvalue weighted by atomic mass is 35.5. The number of hydrogen-bond acceptors (Lipinski definition) is 6. The molecule has 0 saturated heterocycles. The Kier molecular flexibility index (Phi) is 7.51. The predicted molar refractivity (Wildman–Crippen MR) is 129 cm³/mol. The van der Waals surface area contributed by atoms with Crippen LogP contribution in [0.1, 0.15) is 23.9 Å². The molecule has 0 saturated carbocycles. The van der Waals surface area contributed by atoms with Crippen molar-refractivity contribution in [3.8, 4) is 23.3 Å². The SMILES string of the molecule is CCOc1ccc(-n2c(COc3ccc(Cl)cc3)nnc2SCc2ccc(C#N)cc2)cc1. The lowest BCUT2D eigenvalue weighted by Crippen LogP contribution is -2.07. The van der Waals surface area contributed by atoms with Gasteiger partial charge in [0, 0.05) is 16.5 Å². The Balaban J connectivity index is 1.57. The van der Waals surface area contributed by atoms with Gasteiger partial charge in [-0.2, -0.15) is 5.26 Å². The molecule has 0 fully saturated rings. The largest absolute Gasteiger partial charge is 0.494 e. The molecule has 0 radical (unpaired) electrons. The monoisotopic (exact) mass is 476 g/mol. The van der Waals surface area contributed by atoms with E-state index < -0.39 is 0 Å². The molecule has 8 heteroatoms. The van der Waals surface area contributed by atoms with Crippen molar-refractivity contribution < 1.29 is 9.47 Å². The van der Waals surface area contributed by atoms with Crippen molar-refractivity contribution in [2.45, 2.75) is 24.4 Å². The summed E-state index contributed by atoms with van der Waals surface area (Å²) in [6.45, 7) is 2.81. The van der Waals surface area contributed by atoms with Gasteiger partial charge in [-0.1, -0.05) is 35.5 Å². The van der Waals surface area contributed by atoms with Gasteiger partial charge in [-0.25, -0.2) is 0 Å². The Labute approximate surface area is 201 Å². The lowest BCUT2D eigenvalue weighted by molar-refractivity contribution is 0.293. The van der Waals surface area contributed by atoms with Crippen LogP contribution in [-0.4, -0.2) is 21.4 Å². The molecule has 4 aromatic rings. The Morgan fingerprint density at radius 3 is 2.24 bits per heavy atom. The maximum absolute atomic E-state index is 9.00. The second-order valence-corrected chi connectivity index (χ2v) is 8.38. The zero-order valence-corrected chi connectivity index (χ0v) is 19.5. The number of hydrogen-bond donors (Lipinski definition) is 0. The highest BCUT2D eigenvalue weighted by Gasteiger charge is 2.16. The van der Waals surface area contributed by atoms with Gasteiger partial charge < -0.3 is 9.47 Å². The lowest BCUT2D eigenvalue weighted by Gasteiger charge is -2.12. The molecule has 0 N–H and O–H groups in total. The van der Waals surface area contributed by atoms with Gasteiger partial charge in [-0.05, 0) is 73.2 Å². The maximum atomic E-state index is 9.00. The molecule has 0 amide bonds. The van der Waals surface area contributed by atoms with Crippen molar-refractivity contribution >= 4 is 23.4 Å². The summed E-state index contributed by atoms with van der Waals surface area (Å²) < 4.78 is 13.5. The third-order valence-electron chi connectivity index (χ3n) is 4.74. The predicted octanol–water partition coefficient (Wildman–Crippen LogP) is 6.06. The first-order chi connectivity index (χ1) is 16.2. The van der Waals surface area contributed by atoms with Gasteiger partial charge in [-0.3, -0.25) is 4.57 Å². The van der Waals surface area contributed by atoms with E-state index in [4.69, 9.17) is 26.3 Å². The molecular weight excluding hydrogens is 456 g/mol. The summed E-state index contributed by atoms with van der Waals surface area (Å²) in [5, 5.41) is 19.2. The molecular formula is C25H21ClN4O2S. The smallest absolute Gasteiger partial charge is 0.196 e. The minimum Gasteiger partial charge on any atom is -0.494 e. The average molecular weight is 477 g/mol. The van der Waals surface area contributed by atoms with Crippen molar-refractivity contribution in [1.29, 1.82) is 5.26 Å². The Hall–Kier alpha value is -3.47. The summed E-state index contributed by atoms with van der Waals surface area (Å²) in [6.07, 6.45) is 0. The fraction of sp³-hybridized carbons (Fsp3) is 0.160. The van der Waals surface area contributed by atoms with Gasteiger partial charge in [0.15, 0.2) is 11.0 Å².